The maximum Gasteiger partial charge on any atom is 0.151 e. The number of nitrogens with two attached hydrogens (primary N) is 2. The van der Waals surface area contributed by atoms with E-state index in [1.54, 1.807) is 12.5 Å². The Kier molecular flexibility index (Phi) is 5.17. The molecule has 0 fully saturated rings. The molecule has 0 spiro atoms. The van der Waals surface area contributed by atoms with Gasteiger partial charge >= 0.3 is 0 Å². The zero-order chi connectivity index (χ0) is 18.4. The van der Waals surface area contributed by atoms with Crippen LogP contribution < -0.4 is 21.7 Å². The van der Waals surface area contributed by atoms with Crippen LogP contribution >= 0.6 is 0 Å². The minimum absolute atomic E-state index is 0.123. The van der Waals surface area contributed by atoms with Gasteiger partial charge in [0.1, 0.15) is 18.4 Å². The Morgan fingerprint density at radius 3 is 2.69 bits per heavy atom. The summed E-state index contributed by atoms with van der Waals surface area (Å²) in [5.41, 5.74) is 11.3. The molecule has 0 aliphatic heterocycles. The third-order valence-corrected chi connectivity index (χ3v) is 3.81. The number of nitrogens with one attached hydrogen (secondary N) is 1. The van der Waals surface area contributed by atoms with Crippen LogP contribution in [0.4, 0.5) is 0 Å². The van der Waals surface area contributed by atoms with Crippen LogP contribution in [0.1, 0.15) is 11.1 Å². The lowest BCUT2D eigenvalue weighted by Crippen LogP contribution is -2.23. The fourth-order valence-electron chi connectivity index (χ4n) is 2.44. The molecule has 5 N–H and O–H groups in total. The van der Waals surface area contributed by atoms with Gasteiger partial charge in [0.15, 0.2) is 5.70 Å². The molecule has 0 aliphatic rings. The number of benzene rings is 2. The van der Waals surface area contributed by atoms with Crippen LogP contribution in [0.5, 0.6) is 5.75 Å². The maximum atomic E-state index is 9.01. The Bertz CT molecular complexity index is 939. The van der Waals surface area contributed by atoms with E-state index in [0.717, 1.165) is 17.0 Å². The highest BCUT2D eigenvalue weighted by Crippen LogP contribution is 2.18. The average Bonchev–Trinajstić information content (AvgIpc) is 3.23. The maximum absolute atomic E-state index is 9.01. The minimum atomic E-state index is 0.123. The highest BCUT2D eigenvalue weighted by molar-refractivity contribution is 5.68. The molecule has 3 rings (SSSR count). The summed E-state index contributed by atoms with van der Waals surface area (Å²) in [6, 6.07) is 17.1. The molecule has 0 saturated carbocycles. The predicted octanol–water partition coefficient (Wildman–Crippen LogP) is 2.07. The molecule has 0 unspecified atom stereocenters. The summed E-state index contributed by atoms with van der Waals surface area (Å²) in [7, 11) is 0. The summed E-state index contributed by atoms with van der Waals surface area (Å²) in [4.78, 5) is 4.03. The molecule has 7 heteroatoms. The second-order valence-corrected chi connectivity index (χ2v) is 5.50. The van der Waals surface area contributed by atoms with E-state index < -0.39 is 0 Å². The average molecular weight is 346 g/mol. The van der Waals surface area contributed by atoms with Crippen LogP contribution in [0.25, 0.3) is 11.4 Å². The van der Waals surface area contributed by atoms with Crippen LogP contribution in [0, 0.1) is 11.3 Å². The molecule has 3 aromatic rings. The van der Waals surface area contributed by atoms with Gasteiger partial charge in [0.25, 0.3) is 0 Å². The van der Waals surface area contributed by atoms with Gasteiger partial charge in [0, 0.05) is 23.6 Å². The van der Waals surface area contributed by atoms with Gasteiger partial charge in [0.05, 0.1) is 12.0 Å². The Morgan fingerprint density at radius 1 is 1.23 bits per heavy atom. The molecule has 130 valence electrons. The number of hydrazine groups is 1. The number of rotatable bonds is 6. The largest absolute Gasteiger partial charge is 0.489 e. The third-order valence-electron chi connectivity index (χ3n) is 3.81. The van der Waals surface area contributed by atoms with Crippen molar-refractivity contribution < 1.29 is 4.74 Å². The fourth-order valence-corrected chi connectivity index (χ4v) is 2.44. The van der Waals surface area contributed by atoms with Crippen molar-refractivity contribution in [1.29, 1.82) is 5.26 Å². The first-order valence-electron chi connectivity index (χ1n) is 7.88. The minimum Gasteiger partial charge on any atom is -0.489 e. The molecule has 26 heavy (non-hydrogen) atoms. The summed E-state index contributed by atoms with van der Waals surface area (Å²) >= 11 is 0. The Morgan fingerprint density at radius 2 is 2.04 bits per heavy atom. The molecule has 0 atom stereocenters. The molecule has 1 heterocycles. The predicted molar refractivity (Wildman–Crippen MR) is 98.4 cm³/mol. The lowest BCUT2D eigenvalue weighted by atomic mass is 10.1. The third kappa shape index (κ3) is 3.83. The van der Waals surface area contributed by atoms with E-state index in [2.05, 4.69) is 10.4 Å². The standard InChI is InChI=1S/C19H18N6O/c20-11-18(24-22)19(21)15-3-1-2-14(10-15)12-26-17-6-4-16(5-7-17)25-9-8-23-13-25/h1-10,13,24H,12,21-22H2/b19-18-. The Labute approximate surface area is 151 Å². The SMILES string of the molecule is N#C/C(NN)=C(/N)c1cccc(COc2ccc(-n3ccnc3)cc2)c1. The van der Waals surface area contributed by atoms with Crippen molar-refractivity contribution in [3.63, 3.8) is 0 Å². The van der Waals surface area contributed by atoms with Crippen LogP contribution in [-0.2, 0) is 6.61 Å². The van der Waals surface area contributed by atoms with Crippen molar-refractivity contribution in [1.82, 2.24) is 15.0 Å². The monoisotopic (exact) mass is 346 g/mol. The lowest BCUT2D eigenvalue weighted by molar-refractivity contribution is 0.306. The first kappa shape index (κ1) is 17.1. The van der Waals surface area contributed by atoms with E-state index in [4.69, 9.17) is 21.6 Å². The highest BCUT2D eigenvalue weighted by Gasteiger charge is 2.06. The molecule has 0 saturated heterocycles. The van der Waals surface area contributed by atoms with E-state index in [-0.39, 0.29) is 5.70 Å². The second-order valence-electron chi connectivity index (χ2n) is 5.50. The molecule has 0 bridgehead atoms. The lowest BCUT2D eigenvalue weighted by Gasteiger charge is -2.10. The van der Waals surface area contributed by atoms with Gasteiger partial charge in [-0.3, -0.25) is 0 Å². The smallest absolute Gasteiger partial charge is 0.151 e. The number of nitriles is 1. The van der Waals surface area contributed by atoms with Gasteiger partial charge in [-0.25, -0.2) is 10.8 Å². The van der Waals surface area contributed by atoms with Crippen LogP contribution in [0.3, 0.4) is 0 Å². The molecular weight excluding hydrogens is 328 g/mol. The summed E-state index contributed by atoms with van der Waals surface area (Å²) in [6.07, 6.45) is 5.35. The summed E-state index contributed by atoms with van der Waals surface area (Å²) in [5.74, 6) is 6.05. The van der Waals surface area contributed by atoms with E-state index in [1.165, 1.54) is 0 Å². The molecule has 2 aromatic carbocycles. The van der Waals surface area contributed by atoms with E-state index in [0.29, 0.717) is 17.9 Å². The second kappa shape index (κ2) is 7.88. The van der Waals surface area contributed by atoms with Gasteiger partial charge in [0.2, 0.25) is 0 Å². The van der Waals surface area contributed by atoms with Crippen molar-refractivity contribution in [2.24, 2.45) is 11.6 Å². The summed E-state index contributed by atoms with van der Waals surface area (Å²) in [5, 5.41) is 9.01. The Hall–Kier alpha value is -3.76. The number of allylic oxidation sites excluding steroid dienone is 1. The van der Waals surface area contributed by atoms with Crippen LogP contribution in [0.15, 0.2) is 72.9 Å². The molecule has 0 radical (unpaired) electrons. The van der Waals surface area contributed by atoms with Gasteiger partial charge in [-0.15, -0.1) is 0 Å². The van der Waals surface area contributed by atoms with Gasteiger partial charge in [-0.05, 0) is 35.9 Å². The Balaban J connectivity index is 1.70. The zero-order valence-corrected chi connectivity index (χ0v) is 14.0. The van der Waals surface area contributed by atoms with Crippen LogP contribution in [0.2, 0.25) is 0 Å². The number of imidazole rings is 1. The van der Waals surface area contributed by atoms with Crippen molar-refractivity contribution in [3.8, 4) is 17.5 Å². The van der Waals surface area contributed by atoms with Crippen molar-refractivity contribution >= 4 is 5.70 Å². The fraction of sp³-hybridized carbons (Fsp3) is 0.0526. The number of hydrogen-bond donors (Lipinski definition) is 3. The van der Waals surface area contributed by atoms with Crippen molar-refractivity contribution in [2.75, 3.05) is 0 Å². The number of ether oxygens (including phenoxy) is 1. The van der Waals surface area contributed by atoms with Crippen LogP contribution in [-0.4, -0.2) is 9.55 Å². The van der Waals surface area contributed by atoms with E-state index >= 15 is 0 Å². The van der Waals surface area contributed by atoms with Gasteiger partial charge < -0.3 is 20.5 Å². The zero-order valence-electron chi connectivity index (χ0n) is 14.0. The first-order chi connectivity index (χ1) is 12.7. The van der Waals surface area contributed by atoms with Gasteiger partial charge in [-0.2, -0.15) is 5.26 Å². The molecular formula is C19H18N6O. The molecule has 1 aromatic heterocycles. The quantitative estimate of drug-likeness (QED) is 0.357. The van der Waals surface area contributed by atoms with Gasteiger partial charge in [-0.1, -0.05) is 18.2 Å². The topological polar surface area (TPSA) is 115 Å². The molecule has 0 aliphatic carbocycles. The number of hydrogen-bond acceptors (Lipinski definition) is 6. The van der Waals surface area contributed by atoms with E-state index in [1.807, 2.05) is 65.4 Å². The normalized spacial score (nSPS) is 11.4. The molecule has 7 nitrogen and oxygen atoms in total. The van der Waals surface area contributed by atoms with Crippen molar-refractivity contribution in [2.45, 2.75) is 6.61 Å². The first-order valence-corrected chi connectivity index (χ1v) is 7.88. The van der Waals surface area contributed by atoms with Crippen molar-refractivity contribution in [3.05, 3.63) is 84.1 Å². The number of nitrogens with zero attached hydrogens (tertiary/aromatic N) is 3. The molecule has 0 amide bonds. The highest BCUT2D eigenvalue weighted by atomic mass is 16.5. The summed E-state index contributed by atoms with van der Waals surface area (Å²) < 4.78 is 7.74. The number of aromatic nitrogens is 2. The summed E-state index contributed by atoms with van der Waals surface area (Å²) in [6.45, 7) is 0.378. The van der Waals surface area contributed by atoms with E-state index in [9.17, 15) is 0 Å².